The number of halogens is 1. The summed E-state index contributed by atoms with van der Waals surface area (Å²) in [6.07, 6.45) is 1.52. The molecule has 31 heavy (non-hydrogen) atoms. The molecule has 0 aliphatic carbocycles. The van der Waals surface area contributed by atoms with Crippen molar-refractivity contribution >= 4 is 11.6 Å². The minimum absolute atomic E-state index is 0.0750. The van der Waals surface area contributed by atoms with Crippen LogP contribution in [0.15, 0.2) is 48.7 Å². The van der Waals surface area contributed by atoms with E-state index in [1.165, 1.54) is 36.4 Å². The molecule has 0 saturated heterocycles. The van der Waals surface area contributed by atoms with Gasteiger partial charge < -0.3 is 9.64 Å². The van der Waals surface area contributed by atoms with Crippen molar-refractivity contribution in [3.05, 3.63) is 87.1 Å². The van der Waals surface area contributed by atoms with E-state index in [0.717, 1.165) is 16.8 Å². The number of amides is 1. The van der Waals surface area contributed by atoms with Gasteiger partial charge in [-0.15, -0.1) is 0 Å². The van der Waals surface area contributed by atoms with Crippen LogP contribution >= 0.6 is 0 Å². The molecule has 158 valence electrons. The van der Waals surface area contributed by atoms with Gasteiger partial charge >= 0.3 is 0 Å². The Hall–Kier alpha value is -3.72. The highest BCUT2D eigenvalue weighted by Gasteiger charge is 2.27. The van der Waals surface area contributed by atoms with Crippen molar-refractivity contribution in [3.63, 3.8) is 0 Å². The number of ether oxygens (including phenoxy) is 1. The maximum Gasteiger partial charge on any atom is 0.291 e. The number of carbonyl (C=O) groups is 1. The van der Waals surface area contributed by atoms with E-state index in [4.69, 9.17) is 4.74 Å². The number of fused-ring (bicyclic) bond motifs is 1. The predicted molar refractivity (Wildman–Crippen MR) is 109 cm³/mol. The Morgan fingerprint density at radius 2 is 1.94 bits per heavy atom. The monoisotopic (exact) mass is 422 g/mol. The standard InChI is InChI=1S/C22H19FN4O4/c1-31-13-18-8-15-11-26(12-16(15)10-24-18)22(28)9-20-21(27(29)30)7-6-19(25-20)14-2-4-17(23)5-3-14/h2-8,10H,9,11-13H2,1H3. The highest BCUT2D eigenvalue weighted by atomic mass is 19.1. The number of hydrogen-bond donors (Lipinski definition) is 0. The van der Waals surface area contributed by atoms with Crippen LogP contribution in [0.3, 0.4) is 0 Å². The van der Waals surface area contributed by atoms with Crippen LogP contribution < -0.4 is 0 Å². The van der Waals surface area contributed by atoms with Gasteiger partial charge in [-0.2, -0.15) is 0 Å². The lowest BCUT2D eigenvalue weighted by Gasteiger charge is -2.15. The summed E-state index contributed by atoms with van der Waals surface area (Å²) in [6, 6.07) is 10.4. The zero-order valence-electron chi connectivity index (χ0n) is 16.7. The lowest BCUT2D eigenvalue weighted by Crippen LogP contribution is -2.27. The molecule has 1 aromatic carbocycles. The van der Waals surface area contributed by atoms with Crippen LogP contribution in [-0.4, -0.2) is 32.8 Å². The highest BCUT2D eigenvalue weighted by Crippen LogP contribution is 2.27. The van der Waals surface area contributed by atoms with Crippen LogP contribution in [0.4, 0.5) is 10.1 Å². The number of hydrogen-bond acceptors (Lipinski definition) is 6. The van der Waals surface area contributed by atoms with Crippen molar-refractivity contribution in [2.45, 2.75) is 26.1 Å². The minimum atomic E-state index is -0.552. The molecule has 9 heteroatoms. The summed E-state index contributed by atoms with van der Waals surface area (Å²) in [5.41, 5.74) is 3.60. The number of rotatable bonds is 6. The molecule has 0 radical (unpaired) electrons. The Balaban J connectivity index is 1.56. The third-order valence-electron chi connectivity index (χ3n) is 5.11. The highest BCUT2D eigenvalue weighted by molar-refractivity contribution is 5.80. The zero-order chi connectivity index (χ0) is 22.0. The normalized spacial score (nSPS) is 12.6. The fourth-order valence-electron chi connectivity index (χ4n) is 3.56. The van der Waals surface area contributed by atoms with Crippen molar-refractivity contribution < 1.29 is 18.8 Å². The molecule has 0 fully saturated rings. The van der Waals surface area contributed by atoms with Crippen LogP contribution in [0.1, 0.15) is 22.5 Å². The second kappa shape index (κ2) is 8.57. The molecule has 4 rings (SSSR count). The molecule has 3 aromatic rings. The molecule has 0 atom stereocenters. The van der Waals surface area contributed by atoms with Crippen LogP contribution in [0.2, 0.25) is 0 Å². The van der Waals surface area contributed by atoms with Crippen LogP contribution in [0.5, 0.6) is 0 Å². The first kappa shape index (κ1) is 20.5. The third kappa shape index (κ3) is 4.41. The molecule has 0 spiro atoms. The molecule has 3 heterocycles. The van der Waals surface area contributed by atoms with Crippen molar-refractivity contribution in [2.24, 2.45) is 0 Å². The first-order chi connectivity index (χ1) is 14.9. The van der Waals surface area contributed by atoms with Crippen molar-refractivity contribution in [1.29, 1.82) is 0 Å². The van der Waals surface area contributed by atoms with E-state index in [-0.39, 0.29) is 23.7 Å². The maximum absolute atomic E-state index is 13.2. The van der Waals surface area contributed by atoms with Crippen LogP contribution in [0, 0.1) is 15.9 Å². The fraction of sp³-hybridized carbons (Fsp3) is 0.227. The summed E-state index contributed by atoms with van der Waals surface area (Å²) in [5, 5.41) is 11.5. The van der Waals surface area contributed by atoms with Gasteiger partial charge in [-0.25, -0.2) is 9.37 Å². The van der Waals surface area contributed by atoms with Gasteiger partial charge in [0, 0.05) is 38.0 Å². The Labute approximate surface area is 177 Å². The molecule has 0 bridgehead atoms. The quantitative estimate of drug-likeness (QED) is 0.446. The van der Waals surface area contributed by atoms with Gasteiger partial charge in [0.25, 0.3) is 5.69 Å². The van der Waals surface area contributed by atoms with Gasteiger partial charge in [0.15, 0.2) is 0 Å². The third-order valence-corrected chi connectivity index (χ3v) is 5.11. The largest absolute Gasteiger partial charge is 0.378 e. The number of methoxy groups -OCH3 is 1. The van der Waals surface area contributed by atoms with E-state index in [1.54, 1.807) is 18.2 Å². The number of pyridine rings is 2. The number of nitro groups is 1. The summed E-state index contributed by atoms with van der Waals surface area (Å²) >= 11 is 0. The van der Waals surface area contributed by atoms with Crippen molar-refractivity contribution in [1.82, 2.24) is 14.9 Å². The lowest BCUT2D eigenvalue weighted by molar-refractivity contribution is -0.385. The van der Waals surface area contributed by atoms with Gasteiger partial charge in [0.2, 0.25) is 5.91 Å². The van der Waals surface area contributed by atoms with Gasteiger partial charge in [0.1, 0.15) is 11.5 Å². The lowest BCUT2D eigenvalue weighted by atomic mass is 10.1. The number of carbonyl (C=O) groups excluding carboxylic acids is 1. The fourth-order valence-corrected chi connectivity index (χ4v) is 3.56. The molecule has 0 unspecified atom stereocenters. The Kier molecular flexibility index (Phi) is 5.68. The van der Waals surface area contributed by atoms with Gasteiger partial charge in [0.05, 0.1) is 29.3 Å². The molecule has 0 saturated carbocycles. The molecular formula is C22H19FN4O4. The van der Waals surface area contributed by atoms with Crippen LogP contribution in [-0.2, 0) is 35.6 Å². The first-order valence-electron chi connectivity index (χ1n) is 9.58. The summed E-state index contributed by atoms with van der Waals surface area (Å²) in [4.78, 5) is 34.1. The molecule has 8 nitrogen and oxygen atoms in total. The summed E-state index contributed by atoms with van der Waals surface area (Å²) < 4.78 is 18.3. The second-order valence-corrected chi connectivity index (χ2v) is 7.23. The summed E-state index contributed by atoms with van der Waals surface area (Å²) in [6.45, 7) is 1.17. The average Bonchev–Trinajstić information content (AvgIpc) is 3.18. The summed E-state index contributed by atoms with van der Waals surface area (Å²) in [5.74, 6) is -0.658. The molecule has 1 aliphatic rings. The SMILES string of the molecule is COCc1cc2c(cn1)CN(C(=O)Cc1nc(-c3ccc(F)cc3)ccc1[N+](=O)[O-])C2. The van der Waals surface area contributed by atoms with E-state index in [0.29, 0.717) is 31.0 Å². The van der Waals surface area contributed by atoms with Gasteiger partial charge in [-0.1, -0.05) is 0 Å². The zero-order valence-corrected chi connectivity index (χ0v) is 16.7. The predicted octanol–water partition coefficient (Wildman–Crippen LogP) is 3.42. The molecule has 1 aliphatic heterocycles. The molecule has 1 amide bonds. The summed E-state index contributed by atoms with van der Waals surface area (Å²) in [7, 11) is 1.59. The number of benzene rings is 1. The minimum Gasteiger partial charge on any atom is -0.378 e. The molecule has 2 aromatic heterocycles. The average molecular weight is 422 g/mol. The Bertz CT molecular complexity index is 1150. The van der Waals surface area contributed by atoms with Gasteiger partial charge in [-0.3, -0.25) is 19.9 Å². The first-order valence-corrected chi connectivity index (χ1v) is 9.58. The smallest absolute Gasteiger partial charge is 0.291 e. The number of aromatic nitrogens is 2. The molecule has 0 N–H and O–H groups in total. The van der Waals surface area contributed by atoms with Crippen LogP contribution in [0.25, 0.3) is 11.3 Å². The van der Waals surface area contributed by atoms with E-state index in [1.807, 2.05) is 6.07 Å². The van der Waals surface area contributed by atoms with Crippen molar-refractivity contribution in [3.8, 4) is 11.3 Å². The maximum atomic E-state index is 13.2. The number of nitrogens with zero attached hydrogens (tertiary/aromatic N) is 4. The van der Waals surface area contributed by atoms with E-state index >= 15 is 0 Å². The van der Waals surface area contributed by atoms with E-state index in [2.05, 4.69) is 9.97 Å². The van der Waals surface area contributed by atoms with Crippen molar-refractivity contribution in [2.75, 3.05) is 7.11 Å². The second-order valence-electron chi connectivity index (χ2n) is 7.23. The Morgan fingerprint density at radius 3 is 2.65 bits per heavy atom. The van der Waals surface area contributed by atoms with E-state index in [9.17, 15) is 19.3 Å². The topological polar surface area (TPSA) is 98.5 Å². The van der Waals surface area contributed by atoms with Gasteiger partial charge in [-0.05, 0) is 47.5 Å². The Morgan fingerprint density at radius 1 is 1.19 bits per heavy atom. The molecular weight excluding hydrogens is 403 g/mol. The van der Waals surface area contributed by atoms with E-state index < -0.39 is 10.7 Å².